The van der Waals surface area contributed by atoms with Gasteiger partial charge >= 0.3 is 7.60 Å². The summed E-state index contributed by atoms with van der Waals surface area (Å²) in [4.78, 5) is 20.9. The van der Waals surface area contributed by atoms with Crippen LogP contribution in [0.15, 0.2) is 0 Å². The number of thioether (sulfide) groups is 2. The van der Waals surface area contributed by atoms with Crippen molar-refractivity contribution >= 4 is 42.4 Å². The van der Waals surface area contributed by atoms with Crippen molar-refractivity contribution in [3.63, 3.8) is 0 Å². The fraction of sp³-hybridized carbons (Fsp3) is 0.882. The van der Waals surface area contributed by atoms with E-state index in [9.17, 15) is 14.2 Å². The molecule has 0 aliphatic carbocycles. The Morgan fingerprint density at radius 3 is 1.64 bits per heavy atom. The van der Waals surface area contributed by atoms with Gasteiger partial charge in [0.2, 0.25) is 0 Å². The zero-order chi connectivity index (χ0) is 18.8. The van der Waals surface area contributed by atoms with Crippen LogP contribution < -0.4 is 0 Å². The van der Waals surface area contributed by atoms with Crippen LogP contribution in [0.3, 0.4) is 0 Å². The molecule has 0 spiro atoms. The van der Waals surface area contributed by atoms with Crippen LogP contribution in [0.4, 0.5) is 0 Å². The molecule has 0 heterocycles. The summed E-state index contributed by atoms with van der Waals surface area (Å²) in [5.74, 6) is 0.938. The van der Waals surface area contributed by atoms with Crippen molar-refractivity contribution < 1.29 is 23.2 Å². The third-order valence-electron chi connectivity index (χ3n) is 3.81. The molecule has 25 heavy (non-hydrogen) atoms. The topological polar surface area (TPSA) is 69.7 Å². The summed E-state index contributed by atoms with van der Waals surface area (Å²) < 4.78 is 24.8. The molecule has 8 heteroatoms. The Labute approximate surface area is 161 Å². The van der Waals surface area contributed by atoms with Crippen LogP contribution >= 0.6 is 31.1 Å². The molecular formula is C17H33O5PS2. The number of carbonyl (C=O) groups is 2. The van der Waals surface area contributed by atoms with Crippen molar-refractivity contribution in [2.75, 3.05) is 24.7 Å². The summed E-state index contributed by atoms with van der Waals surface area (Å²) in [6.07, 6.45) is 8.11. The number of hydrogen-bond acceptors (Lipinski definition) is 7. The molecule has 0 rings (SSSR count). The molecule has 0 atom stereocenters. The van der Waals surface area contributed by atoms with Gasteiger partial charge in [0, 0.05) is 11.5 Å². The molecule has 148 valence electrons. The van der Waals surface area contributed by atoms with Gasteiger partial charge in [-0.15, -0.1) is 0 Å². The maximum absolute atomic E-state index is 13.4. The highest BCUT2D eigenvalue weighted by atomic mass is 32.2. The molecule has 0 unspecified atom stereocenters. The van der Waals surface area contributed by atoms with Crippen molar-refractivity contribution in [1.29, 1.82) is 0 Å². The molecule has 0 saturated heterocycles. The normalized spacial score (nSPS) is 11.8. The lowest BCUT2D eigenvalue weighted by molar-refractivity contribution is 0.210. The second-order valence-corrected chi connectivity index (χ2v) is 9.98. The second-order valence-electron chi connectivity index (χ2n) is 5.79. The summed E-state index contributed by atoms with van der Waals surface area (Å²) in [5, 5.41) is 0. The number of hydrogen-bond donors (Lipinski definition) is 0. The first-order valence-corrected chi connectivity index (χ1v) is 12.8. The lowest BCUT2D eigenvalue weighted by Gasteiger charge is -2.27. The van der Waals surface area contributed by atoms with Crippen molar-refractivity contribution in [2.45, 2.75) is 70.9 Å². The second kappa shape index (κ2) is 17.6. The van der Waals surface area contributed by atoms with Crippen molar-refractivity contribution in [3.05, 3.63) is 0 Å². The third kappa shape index (κ3) is 13.1. The summed E-state index contributed by atoms with van der Waals surface area (Å²) in [6, 6.07) is 0. The molecule has 0 aromatic heterocycles. The van der Waals surface area contributed by atoms with Crippen LogP contribution in [0, 0.1) is 0 Å². The van der Waals surface area contributed by atoms with Crippen molar-refractivity contribution in [1.82, 2.24) is 0 Å². The monoisotopic (exact) mass is 412 g/mol. The Bertz CT molecular complexity index is 352. The minimum Gasteiger partial charge on any atom is -0.307 e. The van der Waals surface area contributed by atoms with Gasteiger partial charge in [-0.05, 0) is 12.8 Å². The molecule has 0 aromatic rings. The predicted octanol–water partition coefficient (Wildman–Crippen LogP) is 5.59. The smallest absolute Gasteiger partial charge is 0.307 e. The van der Waals surface area contributed by atoms with Crippen molar-refractivity contribution in [2.24, 2.45) is 0 Å². The molecule has 5 nitrogen and oxygen atoms in total. The molecule has 0 amide bonds. The number of unbranched alkanes of at least 4 members (excludes halogenated alkanes) is 4. The van der Waals surface area contributed by atoms with E-state index in [4.69, 9.17) is 9.05 Å². The van der Waals surface area contributed by atoms with Gasteiger partial charge in [0.25, 0.3) is 0 Å². The standard InChI is InChI=1S/C17H33O5PS2/c1-3-5-7-9-17(10-8-6-4-2)23(20,21-11-13-24-15-18)22-12-14-25-16-19/h15-17H,3-14H2,1-2H3. The minimum absolute atomic E-state index is 0.104. The van der Waals surface area contributed by atoms with Crippen LogP contribution in [0.25, 0.3) is 0 Å². The molecular weight excluding hydrogens is 379 g/mol. The van der Waals surface area contributed by atoms with Crippen molar-refractivity contribution in [3.8, 4) is 0 Å². The SMILES string of the molecule is CCCCCC(CCCCC)P(=O)(OCCSC=O)OCCSC=O. The summed E-state index contributed by atoms with van der Waals surface area (Å²) in [5.41, 5.74) is 1.42. The van der Waals surface area contributed by atoms with Gasteiger partial charge in [-0.3, -0.25) is 14.2 Å². The quantitative estimate of drug-likeness (QED) is 0.156. The van der Waals surface area contributed by atoms with E-state index >= 15 is 0 Å². The third-order valence-corrected chi connectivity index (χ3v) is 7.38. The summed E-state index contributed by atoms with van der Waals surface area (Å²) in [7, 11) is -3.25. The molecule has 0 aromatic carbocycles. The first kappa shape index (κ1) is 25.2. The van der Waals surface area contributed by atoms with E-state index in [1.807, 2.05) is 0 Å². The maximum atomic E-state index is 13.4. The molecule has 0 N–H and O–H groups in total. The van der Waals surface area contributed by atoms with Crippen LogP contribution in [-0.4, -0.2) is 41.6 Å². The van der Waals surface area contributed by atoms with E-state index < -0.39 is 7.60 Å². The highest BCUT2D eigenvalue weighted by Crippen LogP contribution is 2.56. The molecule has 0 saturated carbocycles. The van der Waals surface area contributed by atoms with E-state index in [0.29, 0.717) is 11.5 Å². The Morgan fingerprint density at radius 1 is 0.840 bits per heavy atom. The first-order chi connectivity index (χ1) is 12.1. The Morgan fingerprint density at radius 2 is 1.28 bits per heavy atom. The van der Waals surface area contributed by atoms with Gasteiger partial charge in [0.05, 0.1) is 18.9 Å². The number of carbonyl (C=O) groups excluding carboxylic acids is 2. The molecule has 0 radical (unpaired) electrons. The summed E-state index contributed by atoms with van der Waals surface area (Å²) >= 11 is 2.21. The molecule has 0 aliphatic rings. The van der Waals surface area contributed by atoms with Crippen LogP contribution in [0.1, 0.15) is 65.2 Å². The highest BCUT2D eigenvalue weighted by Gasteiger charge is 2.35. The Balaban J connectivity index is 4.86. The maximum Gasteiger partial charge on any atom is 0.333 e. The molecule has 0 aliphatic heterocycles. The van der Waals surface area contributed by atoms with E-state index in [1.54, 1.807) is 0 Å². The molecule has 0 bridgehead atoms. The van der Waals surface area contributed by atoms with E-state index in [2.05, 4.69) is 13.8 Å². The Hall–Kier alpha value is 0.190. The predicted molar refractivity (Wildman–Crippen MR) is 110 cm³/mol. The van der Waals surface area contributed by atoms with Crippen LogP contribution in [-0.2, 0) is 23.2 Å². The molecule has 0 fully saturated rings. The zero-order valence-electron chi connectivity index (χ0n) is 15.5. The van der Waals surface area contributed by atoms with Gasteiger partial charge < -0.3 is 9.05 Å². The van der Waals surface area contributed by atoms with Gasteiger partial charge in [-0.1, -0.05) is 75.9 Å². The van der Waals surface area contributed by atoms with E-state index in [1.165, 1.54) is 0 Å². The zero-order valence-corrected chi connectivity index (χ0v) is 18.0. The summed E-state index contributed by atoms with van der Waals surface area (Å²) in [6.45, 7) is 4.76. The largest absolute Gasteiger partial charge is 0.333 e. The fourth-order valence-electron chi connectivity index (χ4n) is 2.49. The van der Waals surface area contributed by atoms with Gasteiger partial charge in [0.1, 0.15) is 0 Å². The average Bonchev–Trinajstić information content (AvgIpc) is 2.61. The van der Waals surface area contributed by atoms with Gasteiger partial charge in [-0.2, -0.15) is 0 Å². The van der Waals surface area contributed by atoms with Crippen LogP contribution in [0.2, 0.25) is 0 Å². The lowest BCUT2D eigenvalue weighted by atomic mass is 10.1. The lowest BCUT2D eigenvalue weighted by Crippen LogP contribution is -2.16. The fourth-order valence-corrected chi connectivity index (χ4v) is 5.47. The van der Waals surface area contributed by atoms with Gasteiger partial charge in [0.15, 0.2) is 11.2 Å². The first-order valence-electron chi connectivity index (χ1n) is 9.13. The van der Waals surface area contributed by atoms with Crippen LogP contribution in [0.5, 0.6) is 0 Å². The number of rotatable bonds is 19. The van der Waals surface area contributed by atoms with E-state index in [0.717, 1.165) is 86.1 Å². The average molecular weight is 413 g/mol. The Kier molecular flexibility index (Phi) is 17.7. The van der Waals surface area contributed by atoms with Gasteiger partial charge in [-0.25, -0.2) is 0 Å². The highest BCUT2D eigenvalue weighted by molar-refractivity contribution is 8.12. The van der Waals surface area contributed by atoms with E-state index in [-0.39, 0.29) is 18.9 Å². The minimum atomic E-state index is -3.25.